The summed E-state index contributed by atoms with van der Waals surface area (Å²) in [6.45, 7) is 2.16. The minimum atomic E-state index is -1.27. The van der Waals surface area contributed by atoms with E-state index in [1.165, 1.54) is 34.1 Å². The van der Waals surface area contributed by atoms with E-state index in [9.17, 15) is 34.4 Å². The zero-order valence-electron chi connectivity index (χ0n) is 21.0. The Bertz CT molecular complexity index is 1260. The second-order valence-electron chi connectivity index (χ2n) is 9.77. The van der Waals surface area contributed by atoms with E-state index in [-0.39, 0.29) is 36.2 Å². The predicted molar refractivity (Wildman–Crippen MR) is 136 cm³/mol. The number of rotatable bonds is 8. The molecule has 2 aliphatic rings. The van der Waals surface area contributed by atoms with Crippen LogP contribution in [0.4, 0.5) is 5.69 Å². The van der Waals surface area contributed by atoms with Crippen molar-refractivity contribution >= 4 is 29.4 Å². The van der Waals surface area contributed by atoms with E-state index in [1.807, 2.05) is 13.0 Å². The molecule has 0 bridgehead atoms. The topological polar surface area (TPSA) is 150 Å². The first-order chi connectivity index (χ1) is 18.2. The monoisotopic (exact) mass is 522 g/mol. The fraction of sp³-hybridized carbons (Fsp3) is 0.407. The van der Waals surface area contributed by atoms with Crippen molar-refractivity contribution in [2.75, 3.05) is 13.1 Å². The number of carbonyl (C=O) groups is 4. The fourth-order valence-electron chi connectivity index (χ4n) is 5.23. The third-order valence-electron chi connectivity index (χ3n) is 7.10. The molecule has 2 fully saturated rings. The first kappa shape index (κ1) is 26.8. The van der Waals surface area contributed by atoms with Crippen LogP contribution in [0.2, 0.25) is 0 Å². The lowest BCUT2D eigenvalue weighted by molar-refractivity contribution is -0.384. The van der Waals surface area contributed by atoms with Crippen molar-refractivity contribution in [1.82, 2.24) is 15.1 Å². The van der Waals surface area contributed by atoms with Gasteiger partial charge in [0, 0.05) is 36.7 Å². The number of carbonyl (C=O) groups excluding carboxylic acids is 3. The van der Waals surface area contributed by atoms with Crippen LogP contribution in [0.25, 0.3) is 0 Å². The zero-order chi connectivity index (χ0) is 27.4. The fourth-order valence-corrected chi connectivity index (χ4v) is 5.23. The molecule has 0 radical (unpaired) electrons. The van der Waals surface area contributed by atoms with Gasteiger partial charge in [0.15, 0.2) is 6.17 Å². The van der Waals surface area contributed by atoms with Gasteiger partial charge in [-0.15, -0.1) is 0 Å². The highest BCUT2D eigenvalue weighted by Gasteiger charge is 2.45. The Hall–Kier alpha value is -4.28. The highest BCUT2D eigenvalue weighted by atomic mass is 16.6. The Morgan fingerprint density at radius 1 is 1.05 bits per heavy atom. The van der Waals surface area contributed by atoms with Crippen LogP contribution in [0.15, 0.2) is 48.5 Å². The maximum atomic E-state index is 13.7. The van der Waals surface area contributed by atoms with Crippen LogP contribution in [-0.4, -0.2) is 62.8 Å². The lowest BCUT2D eigenvalue weighted by Crippen LogP contribution is -2.55. The highest BCUT2D eigenvalue weighted by molar-refractivity contribution is 5.99. The molecule has 2 atom stereocenters. The third kappa shape index (κ3) is 5.82. The van der Waals surface area contributed by atoms with E-state index >= 15 is 0 Å². The number of nitrogens with one attached hydrogen (secondary N) is 1. The quantitative estimate of drug-likeness (QED) is 0.400. The van der Waals surface area contributed by atoms with Crippen molar-refractivity contribution in [2.24, 2.45) is 5.92 Å². The van der Waals surface area contributed by atoms with E-state index in [0.29, 0.717) is 18.4 Å². The molecule has 4 rings (SSSR count). The van der Waals surface area contributed by atoms with Gasteiger partial charge in [-0.1, -0.05) is 42.7 Å². The van der Waals surface area contributed by atoms with Crippen molar-refractivity contribution in [3.05, 3.63) is 75.3 Å². The van der Waals surface area contributed by atoms with Crippen molar-refractivity contribution < 1.29 is 29.2 Å². The first-order valence-electron chi connectivity index (χ1n) is 12.6. The summed E-state index contributed by atoms with van der Waals surface area (Å²) in [4.78, 5) is 65.7. The lowest BCUT2D eigenvalue weighted by atomic mass is 10.0. The van der Waals surface area contributed by atoms with Gasteiger partial charge in [-0.05, 0) is 37.5 Å². The summed E-state index contributed by atoms with van der Waals surface area (Å²) in [7, 11) is 0. The third-order valence-corrected chi connectivity index (χ3v) is 7.10. The van der Waals surface area contributed by atoms with E-state index < -0.39 is 41.3 Å². The van der Waals surface area contributed by atoms with Crippen LogP contribution in [0.5, 0.6) is 0 Å². The molecule has 2 aromatic carbocycles. The summed E-state index contributed by atoms with van der Waals surface area (Å²) in [5.41, 5.74) is 1.22. The molecule has 1 aliphatic carbocycles. The van der Waals surface area contributed by atoms with Gasteiger partial charge < -0.3 is 20.2 Å². The van der Waals surface area contributed by atoms with Gasteiger partial charge in [0.1, 0.15) is 0 Å². The number of amides is 3. The number of hydrogen-bond acceptors (Lipinski definition) is 6. The van der Waals surface area contributed by atoms with Gasteiger partial charge in [-0.2, -0.15) is 0 Å². The molecule has 38 heavy (non-hydrogen) atoms. The SMILES string of the molecule is Cc1cccc(C(=O)N2CCN(C(=O)C3CCCC3)C2C(=O)NC(CC(=O)O)c2cccc([N+](=O)[O-])c2)c1. The maximum Gasteiger partial charge on any atom is 0.305 e. The zero-order valence-corrected chi connectivity index (χ0v) is 21.0. The molecule has 2 aromatic rings. The molecule has 2 N–H and O–H groups in total. The second-order valence-corrected chi connectivity index (χ2v) is 9.77. The van der Waals surface area contributed by atoms with Gasteiger partial charge in [0.25, 0.3) is 17.5 Å². The largest absolute Gasteiger partial charge is 0.481 e. The lowest BCUT2D eigenvalue weighted by Gasteiger charge is -2.32. The Labute approximate surface area is 219 Å². The molecule has 1 heterocycles. The standard InChI is InChI=1S/C27H30N4O7/c1-17-6-4-10-20(14-17)27(36)30-13-12-29(26(35)18-7-2-3-8-18)25(30)24(34)28-22(16-23(32)33)19-9-5-11-21(15-19)31(37)38/h4-6,9-11,14-15,18,22,25H,2-3,7-8,12-13,16H2,1H3,(H,28,34)(H,32,33). The molecular weight excluding hydrogens is 492 g/mol. The molecule has 200 valence electrons. The number of nitro groups is 1. The van der Waals surface area contributed by atoms with Gasteiger partial charge in [0.2, 0.25) is 5.91 Å². The number of aliphatic carboxylic acids is 1. The van der Waals surface area contributed by atoms with Gasteiger partial charge >= 0.3 is 5.97 Å². The molecule has 0 aromatic heterocycles. The Morgan fingerprint density at radius 3 is 2.39 bits per heavy atom. The van der Waals surface area contributed by atoms with E-state index in [2.05, 4.69) is 5.32 Å². The minimum Gasteiger partial charge on any atom is -0.481 e. The van der Waals surface area contributed by atoms with Crippen LogP contribution in [0.1, 0.15) is 59.6 Å². The number of nitrogens with zero attached hydrogens (tertiary/aromatic N) is 3. The number of carboxylic acid groups (broad SMARTS) is 1. The summed E-state index contributed by atoms with van der Waals surface area (Å²) >= 11 is 0. The summed E-state index contributed by atoms with van der Waals surface area (Å²) in [5.74, 6) is -2.79. The number of non-ortho nitro benzene ring substituents is 1. The van der Waals surface area contributed by atoms with Crippen LogP contribution >= 0.6 is 0 Å². The average molecular weight is 523 g/mol. The Balaban J connectivity index is 1.66. The average Bonchev–Trinajstić information content (AvgIpc) is 3.58. The molecule has 1 saturated carbocycles. The van der Waals surface area contributed by atoms with Crippen molar-refractivity contribution in [3.8, 4) is 0 Å². The summed E-state index contributed by atoms with van der Waals surface area (Å²) in [6, 6.07) is 11.2. The number of aryl methyl sites for hydroxylation is 1. The van der Waals surface area contributed by atoms with E-state index in [4.69, 9.17) is 0 Å². The van der Waals surface area contributed by atoms with Gasteiger partial charge in [-0.3, -0.25) is 29.3 Å². The van der Waals surface area contributed by atoms with Crippen LogP contribution < -0.4 is 5.32 Å². The molecule has 0 spiro atoms. The van der Waals surface area contributed by atoms with Crippen LogP contribution in [-0.2, 0) is 14.4 Å². The van der Waals surface area contributed by atoms with Gasteiger partial charge in [-0.25, -0.2) is 0 Å². The summed E-state index contributed by atoms with van der Waals surface area (Å²) < 4.78 is 0. The molecule has 11 heteroatoms. The summed E-state index contributed by atoms with van der Waals surface area (Å²) in [6.07, 6.45) is 1.45. The number of nitro benzene ring substituents is 1. The molecular formula is C27H30N4O7. The summed E-state index contributed by atoms with van der Waals surface area (Å²) in [5, 5.41) is 23.4. The molecule has 1 saturated heterocycles. The smallest absolute Gasteiger partial charge is 0.305 e. The molecule has 3 amide bonds. The van der Waals surface area contributed by atoms with Crippen molar-refractivity contribution in [2.45, 2.75) is 51.2 Å². The Kier molecular flexibility index (Phi) is 8.04. The highest BCUT2D eigenvalue weighted by Crippen LogP contribution is 2.30. The first-order valence-corrected chi connectivity index (χ1v) is 12.6. The Morgan fingerprint density at radius 2 is 1.74 bits per heavy atom. The molecule has 1 aliphatic heterocycles. The van der Waals surface area contributed by atoms with Crippen molar-refractivity contribution in [1.29, 1.82) is 0 Å². The van der Waals surface area contributed by atoms with Crippen LogP contribution in [0.3, 0.4) is 0 Å². The van der Waals surface area contributed by atoms with E-state index in [0.717, 1.165) is 18.4 Å². The molecule has 2 unspecified atom stereocenters. The van der Waals surface area contributed by atoms with E-state index in [1.54, 1.807) is 18.2 Å². The number of carboxylic acids is 1. The normalized spacial score (nSPS) is 18.3. The number of hydrogen-bond donors (Lipinski definition) is 2. The predicted octanol–water partition coefficient (Wildman–Crippen LogP) is 3.04. The molecule has 11 nitrogen and oxygen atoms in total. The second kappa shape index (κ2) is 11.4. The number of benzene rings is 2. The minimum absolute atomic E-state index is 0.143. The van der Waals surface area contributed by atoms with Gasteiger partial charge in [0.05, 0.1) is 17.4 Å². The van der Waals surface area contributed by atoms with Crippen molar-refractivity contribution in [3.63, 3.8) is 0 Å². The van der Waals surface area contributed by atoms with Crippen LogP contribution in [0, 0.1) is 23.0 Å². The maximum absolute atomic E-state index is 13.7.